The molecule has 5 aromatic carbocycles. The molecule has 0 amide bonds. The Morgan fingerprint density at radius 3 is 2.39 bits per heavy atom. The van der Waals surface area contributed by atoms with Crippen molar-refractivity contribution >= 4 is 45.6 Å². The first-order valence-electron chi connectivity index (χ1n) is 25.3. The third kappa shape index (κ3) is 9.84. The summed E-state index contributed by atoms with van der Waals surface area (Å²) in [6.45, 7) is 12.1. The second-order valence-corrected chi connectivity index (χ2v) is 19.4. The number of nitrogens with zero attached hydrogens (tertiary/aromatic N) is 2. The maximum absolute atomic E-state index is 3.45. The Bertz CT molecular complexity index is 3520. The van der Waals surface area contributed by atoms with Gasteiger partial charge in [-0.2, -0.15) is 0 Å². The lowest BCUT2D eigenvalue weighted by molar-refractivity contribution is 0.639. The average Bonchev–Trinajstić information content (AvgIpc) is 3.64. The first-order valence-corrected chi connectivity index (χ1v) is 25.3. The van der Waals surface area contributed by atoms with E-state index in [-0.39, 0.29) is 11.3 Å². The normalized spacial score (nSPS) is 18.4. The highest BCUT2D eigenvalue weighted by Gasteiger charge is 2.34. The predicted octanol–water partition coefficient (Wildman–Crippen LogP) is 18.2. The van der Waals surface area contributed by atoms with Crippen LogP contribution >= 0.6 is 0 Å². The lowest BCUT2D eigenvalue weighted by atomic mass is 9.80. The van der Waals surface area contributed by atoms with Crippen molar-refractivity contribution in [3.63, 3.8) is 0 Å². The molecule has 352 valence electrons. The average molecular weight is 931 g/mol. The highest BCUT2D eigenvalue weighted by molar-refractivity contribution is 5.91. The zero-order chi connectivity index (χ0) is 49.4. The first kappa shape index (κ1) is 47.3. The van der Waals surface area contributed by atoms with E-state index in [1.807, 2.05) is 25.2 Å². The SMILES string of the molecule is C/C=C\C=C/c1cn(-c2ccc(N(C/C=C\C3=C(C)C(C)(C)c4cc(/C=C5\CC=CC=C\C5=C(\c5ccccc5C)C5C=CC=C(C6=C=CC=CC=C6)C=C5)ccc43)c3ccccc3)cc2)c2ccccc12. The fraction of sp³-hybridized carbons (Fsp3) is 0.129. The largest absolute Gasteiger partial charge is 0.338 e. The predicted molar refractivity (Wildman–Crippen MR) is 310 cm³/mol. The third-order valence-electron chi connectivity index (χ3n) is 14.6. The van der Waals surface area contributed by atoms with Gasteiger partial charge in [0.25, 0.3) is 0 Å². The molecule has 0 saturated carbocycles. The van der Waals surface area contributed by atoms with Crippen molar-refractivity contribution in [2.45, 2.75) is 46.5 Å². The van der Waals surface area contributed by atoms with Gasteiger partial charge in [0, 0.05) is 57.7 Å². The van der Waals surface area contributed by atoms with Crippen molar-refractivity contribution < 1.29 is 0 Å². The van der Waals surface area contributed by atoms with Gasteiger partial charge in [0.15, 0.2) is 0 Å². The molecule has 0 bridgehead atoms. The summed E-state index contributed by atoms with van der Waals surface area (Å²) in [5.74, 6) is 0.0609. The molecule has 2 nitrogen and oxygen atoms in total. The fourth-order valence-corrected chi connectivity index (χ4v) is 10.5. The molecule has 0 N–H and O–H groups in total. The summed E-state index contributed by atoms with van der Waals surface area (Å²) in [4.78, 5) is 2.40. The maximum atomic E-state index is 3.45. The lowest BCUT2D eigenvalue weighted by Crippen LogP contribution is -2.17. The third-order valence-corrected chi connectivity index (χ3v) is 14.6. The Kier molecular flexibility index (Phi) is 14.0. The van der Waals surface area contributed by atoms with E-state index in [9.17, 15) is 0 Å². The minimum atomic E-state index is -0.133. The molecule has 4 aliphatic rings. The highest BCUT2D eigenvalue weighted by atomic mass is 15.1. The zero-order valence-electron chi connectivity index (χ0n) is 42.1. The van der Waals surface area contributed by atoms with E-state index in [0.717, 1.165) is 41.2 Å². The van der Waals surface area contributed by atoms with E-state index in [2.05, 4.69) is 280 Å². The summed E-state index contributed by atoms with van der Waals surface area (Å²) in [6.07, 6.45) is 49.3. The minimum absolute atomic E-state index is 0.0609. The van der Waals surface area contributed by atoms with Crippen LogP contribution in [0.15, 0.2) is 277 Å². The van der Waals surface area contributed by atoms with Crippen LogP contribution in [0, 0.1) is 12.8 Å². The molecule has 1 heterocycles. The summed E-state index contributed by atoms with van der Waals surface area (Å²) in [5.41, 5.74) is 24.4. The number of anilines is 2. The van der Waals surface area contributed by atoms with Crippen LogP contribution in [0.3, 0.4) is 0 Å². The molecule has 0 fully saturated rings. The Morgan fingerprint density at radius 2 is 1.54 bits per heavy atom. The quantitative estimate of drug-likeness (QED) is 0.0877. The van der Waals surface area contributed by atoms with Gasteiger partial charge in [0.05, 0.1) is 5.52 Å². The standard InChI is InChI=1S/C70H62N2/c1-6-7-12-29-58-50-72(68-38-22-21-35-64(58)68)61-44-42-60(43-45-61)71(59-32-16-11-17-33-59)47-24-37-63-52(3)70(4,5)67-49-53(39-46-66(63)67)48-57-28-15-10-18-36-65(57)69(62-34-20-19-25-51(62)2)56-31-23-30-55(40-41-56)54-26-13-8-9-14-27-54/h6-26,29-46,48-50,56H,28,47H2,1-5H3/b7-6-,29-12-,37-24-,57-48+,69-65-. The van der Waals surface area contributed by atoms with Crippen LogP contribution in [0.2, 0.25) is 0 Å². The number of allylic oxidation sites excluding steroid dienone is 24. The van der Waals surface area contributed by atoms with Crippen LogP contribution in [0.1, 0.15) is 67.5 Å². The van der Waals surface area contributed by atoms with Gasteiger partial charge in [-0.15, -0.1) is 5.73 Å². The molecule has 1 aromatic heterocycles. The number of benzene rings is 5. The lowest BCUT2D eigenvalue weighted by Gasteiger charge is -2.24. The van der Waals surface area contributed by atoms with E-state index in [1.165, 1.54) is 72.1 Å². The smallest absolute Gasteiger partial charge is 0.0534 e. The number of hydrogen-bond donors (Lipinski definition) is 0. The Hall–Kier alpha value is -8.42. The van der Waals surface area contributed by atoms with E-state index in [0.29, 0.717) is 0 Å². The number of para-hydroxylation sites is 2. The van der Waals surface area contributed by atoms with Crippen LogP contribution in [-0.4, -0.2) is 11.1 Å². The van der Waals surface area contributed by atoms with Crippen molar-refractivity contribution in [1.82, 2.24) is 4.57 Å². The molecule has 0 saturated heterocycles. The van der Waals surface area contributed by atoms with Crippen molar-refractivity contribution in [1.29, 1.82) is 0 Å². The minimum Gasteiger partial charge on any atom is -0.338 e. The monoisotopic (exact) mass is 930 g/mol. The zero-order valence-corrected chi connectivity index (χ0v) is 42.1. The van der Waals surface area contributed by atoms with E-state index in [4.69, 9.17) is 0 Å². The molecule has 0 aliphatic heterocycles. The number of fused-ring (bicyclic) bond motifs is 2. The second kappa shape index (κ2) is 21.3. The van der Waals surface area contributed by atoms with E-state index >= 15 is 0 Å². The van der Waals surface area contributed by atoms with Gasteiger partial charge in [0.2, 0.25) is 0 Å². The van der Waals surface area contributed by atoms with Gasteiger partial charge in [-0.25, -0.2) is 0 Å². The van der Waals surface area contributed by atoms with Crippen LogP contribution in [0.25, 0.3) is 39.9 Å². The number of aromatic nitrogens is 1. The molecule has 2 heteroatoms. The van der Waals surface area contributed by atoms with Crippen LogP contribution < -0.4 is 4.90 Å². The maximum Gasteiger partial charge on any atom is 0.0534 e. The summed E-state index contributed by atoms with van der Waals surface area (Å²) in [7, 11) is 0. The van der Waals surface area contributed by atoms with Gasteiger partial charge >= 0.3 is 0 Å². The molecule has 0 radical (unpaired) electrons. The second-order valence-electron chi connectivity index (χ2n) is 19.4. The molecule has 72 heavy (non-hydrogen) atoms. The Morgan fingerprint density at radius 1 is 0.750 bits per heavy atom. The molecular formula is C70H62N2. The summed E-state index contributed by atoms with van der Waals surface area (Å²) >= 11 is 0. The van der Waals surface area contributed by atoms with Crippen molar-refractivity contribution in [2.75, 3.05) is 11.4 Å². The van der Waals surface area contributed by atoms with E-state index in [1.54, 1.807) is 0 Å². The van der Waals surface area contributed by atoms with Crippen LogP contribution in [0.4, 0.5) is 11.4 Å². The molecular weight excluding hydrogens is 869 g/mol. The number of rotatable bonds is 12. The van der Waals surface area contributed by atoms with Gasteiger partial charge in [-0.05, 0) is 137 Å². The van der Waals surface area contributed by atoms with Gasteiger partial charge in [-0.1, -0.05) is 214 Å². The van der Waals surface area contributed by atoms with Gasteiger partial charge in [0.1, 0.15) is 0 Å². The molecule has 10 rings (SSSR count). The fourth-order valence-electron chi connectivity index (χ4n) is 10.5. The summed E-state index contributed by atoms with van der Waals surface area (Å²) < 4.78 is 2.30. The van der Waals surface area contributed by atoms with Crippen molar-refractivity contribution in [3.8, 4) is 5.69 Å². The Balaban J connectivity index is 0.954. The van der Waals surface area contributed by atoms with Crippen LogP contribution in [-0.2, 0) is 5.41 Å². The first-order chi connectivity index (χ1) is 35.3. The topological polar surface area (TPSA) is 8.17 Å². The van der Waals surface area contributed by atoms with Crippen molar-refractivity contribution in [3.05, 3.63) is 310 Å². The number of hydrogen-bond acceptors (Lipinski definition) is 1. The summed E-state index contributed by atoms with van der Waals surface area (Å²) in [5, 5.41) is 1.24. The van der Waals surface area contributed by atoms with E-state index < -0.39 is 0 Å². The molecule has 6 aromatic rings. The molecule has 0 spiro atoms. The van der Waals surface area contributed by atoms with Crippen LogP contribution in [0.5, 0.6) is 0 Å². The van der Waals surface area contributed by atoms with Gasteiger partial charge in [-0.3, -0.25) is 0 Å². The number of aryl methyl sites for hydroxylation is 1. The van der Waals surface area contributed by atoms with Gasteiger partial charge < -0.3 is 9.47 Å². The molecule has 4 aliphatic carbocycles. The molecule has 1 atom stereocenters. The molecule has 1 unspecified atom stereocenters. The Labute approximate surface area is 427 Å². The highest BCUT2D eigenvalue weighted by Crippen LogP contribution is 2.47. The summed E-state index contributed by atoms with van der Waals surface area (Å²) in [6, 6.07) is 44.3. The van der Waals surface area contributed by atoms with Crippen molar-refractivity contribution in [2.24, 2.45) is 5.92 Å².